The largest absolute Gasteiger partial charge is 0.463 e. The number of nitrogen functional groups attached to an aromatic ring is 1. The summed E-state index contributed by atoms with van der Waals surface area (Å²) in [6.45, 7) is 5.76. The zero-order valence-corrected chi connectivity index (χ0v) is 20.3. The van der Waals surface area contributed by atoms with Crippen molar-refractivity contribution in [2.75, 3.05) is 24.2 Å². The van der Waals surface area contributed by atoms with Crippen LogP contribution in [0.5, 0.6) is 0 Å². The summed E-state index contributed by atoms with van der Waals surface area (Å²) in [5.74, 6) is -0.307. The Labute approximate surface area is 200 Å². The Bertz CT molecular complexity index is 992. The van der Waals surface area contributed by atoms with Crippen molar-refractivity contribution in [1.29, 1.82) is 0 Å². The van der Waals surface area contributed by atoms with Crippen LogP contribution in [0, 0.1) is 5.41 Å². The first-order valence-electron chi connectivity index (χ1n) is 10.2. The fourth-order valence-electron chi connectivity index (χ4n) is 2.30. The predicted octanol–water partition coefficient (Wildman–Crippen LogP) is 4.73. The number of hydrogen-bond donors (Lipinski definition) is 3. The van der Waals surface area contributed by atoms with Crippen LogP contribution in [0.3, 0.4) is 0 Å². The van der Waals surface area contributed by atoms with E-state index in [0.717, 1.165) is 21.6 Å². The van der Waals surface area contributed by atoms with Crippen molar-refractivity contribution in [2.45, 2.75) is 27.2 Å². The zero-order chi connectivity index (χ0) is 24.4. The number of benzene rings is 2. The lowest BCUT2D eigenvalue weighted by Gasteiger charge is -2.20. The lowest BCUT2D eigenvalue weighted by Crippen LogP contribution is -2.34. The zero-order valence-electron chi connectivity index (χ0n) is 18.7. The summed E-state index contributed by atoms with van der Waals surface area (Å²) in [4.78, 5) is 48.3. The standard InChI is InChI=1S/C23H27N3O5S2/c1-4-23(2,3)21(29)31-14-13-25-22(30)26-18-11-7-16(8-12-18)20(28)33-32-19(27)15-5-9-17(24)10-6-15/h5-12H,4,13-14,24H2,1-3H3,(H2,25,26,30). The second-order valence-corrected chi connectivity index (χ2v) is 9.77. The summed E-state index contributed by atoms with van der Waals surface area (Å²) in [5, 5.41) is 4.71. The van der Waals surface area contributed by atoms with Gasteiger partial charge in [-0.2, -0.15) is 0 Å². The summed E-state index contributed by atoms with van der Waals surface area (Å²) in [6, 6.07) is 12.3. The number of amides is 2. The molecule has 0 aromatic heterocycles. The molecule has 0 heterocycles. The Hall–Kier alpha value is -2.98. The fourth-order valence-corrected chi connectivity index (χ4v) is 3.95. The molecule has 0 saturated heterocycles. The smallest absolute Gasteiger partial charge is 0.319 e. The molecule has 176 valence electrons. The van der Waals surface area contributed by atoms with Crippen molar-refractivity contribution >= 4 is 55.2 Å². The van der Waals surface area contributed by atoms with Gasteiger partial charge in [0.1, 0.15) is 6.61 Å². The molecule has 10 heteroatoms. The number of anilines is 2. The van der Waals surface area contributed by atoms with Gasteiger partial charge in [0.25, 0.3) is 0 Å². The Balaban J connectivity index is 1.74. The van der Waals surface area contributed by atoms with E-state index in [2.05, 4.69) is 10.6 Å². The van der Waals surface area contributed by atoms with Crippen molar-refractivity contribution < 1.29 is 23.9 Å². The van der Waals surface area contributed by atoms with Crippen molar-refractivity contribution in [3.05, 3.63) is 59.7 Å². The average molecular weight is 490 g/mol. The first kappa shape index (κ1) is 26.3. The highest BCUT2D eigenvalue weighted by atomic mass is 33.1. The molecule has 4 N–H and O–H groups in total. The van der Waals surface area contributed by atoms with Crippen molar-refractivity contribution in [3.63, 3.8) is 0 Å². The number of nitrogens with one attached hydrogen (secondary N) is 2. The maximum atomic E-state index is 12.3. The van der Waals surface area contributed by atoms with Crippen LogP contribution in [0.2, 0.25) is 0 Å². The normalized spacial score (nSPS) is 10.9. The molecule has 0 bridgehead atoms. The van der Waals surface area contributed by atoms with Gasteiger partial charge in [0.2, 0.25) is 10.2 Å². The summed E-state index contributed by atoms with van der Waals surface area (Å²) < 4.78 is 5.16. The molecule has 2 rings (SSSR count). The van der Waals surface area contributed by atoms with Crippen molar-refractivity contribution in [1.82, 2.24) is 5.32 Å². The predicted molar refractivity (Wildman–Crippen MR) is 133 cm³/mol. The summed E-state index contributed by atoms with van der Waals surface area (Å²) in [7, 11) is 1.67. The van der Waals surface area contributed by atoms with E-state index in [0.29, 0.717) is 28.9 Å². The molecule has 0 unspecified atom stereocenters. The van der Waals surface area contributed by atoms with Gasteiger partial charge in [0, 0.05) is 22.5 Å². The number of carbonyl (C=O) groups excluding carboxylic acids is 4. The molecule has 0 fully saturated rings. The van der Waals surface area contributed by atoms with Crippen LogP contribution >= 0.6 is 21.6 Å². The van der Waals surface area contributed by atoms with E-state index in [1.807, 2.05) is 6.92 Å². The number of esters is 1. The third-order valence-electron chi connectivity index (χ3n) is 4.78. The molecule has 0 spiro atoms. The highest BCUT2D eigenvalue weighted by Crippen LogP contribution is 2.30. The quantitative estimate of drug-likeness (QED) is 0.210. The molecule has 0 saturated carbocycles. The topological polar surface area (TPSA) is 128 Å². The molecule has 2 amide bonds. The monoisotopic (exact) mass is 489 g/mol. The maximum absolute atomic E-state index is 12.3. The van der Waals surface area contributed by atoms with Crippen molar-refractivity contribution in [2.24, 2.45) is 5.41 Å². The van der Waals surface area contributed by atoms with Gasteiger partial charge in [-0.3, -0.25) is 14.4 Å². The number of nitrogens with two attached hydrogens (primary N) is 1. The van der Waals surface area contributed by atoms with Crippen LogP contribution in [0.4, 0.5) is 16.2 Å². The van der Waals surface area contributed by atoms with Crippen molar-refractivity contribution in [3.8, 4) is 0 Å². The SMILES string of the molecule is CCC(C)(C)C(=O)OCCNC(=O)Nc1ccc(C(=O)SSC(=O)c2ccc(N)cc2)cc1. The molecular formula is C23H27N3O5S2. The summed E-state index contributed by atoms with van der Waals surface area (Å²) >= 11 is 0. The minimum atomic E-state index is -0.554. The van der Waals surface area contributed by atoms with Crippen LogP contribution in [0.1, 0.15) is 47.9 Å². The molecule has 33 heavy (non-hydrogen) atoms. The molecule has 0 aliphatic rings. The first-order chi connectivity index (χ1) is 15.6. The molecule has 0 atom stereocenters. The van der Waals surface area contributed by atoms with Crippen LogP contribution in [-0.4, -0.2) is 35.4 Å². The van der Waals surface area contributed by atoms with E-state index in [4.69, 9.17) is 10.5 Å². The fraction of sp³-hybridized carbons (Fsp3) is 0.304. The van der Waals surface area contributed by atoms with E-state index in [1.165, 1.54) is 0 Å². The lowest BCUT2D eigenvalue weighted by molar-refractivity contribution is -0.153. The lowest BCUT2D eigenvalue weighted by atomic mass is 9.91. The highest BCUT2D eigenvalue weighted by molar-refractivity contribution is 8.87. The van der Waals surface area contributed by atoms with Gasteiger partial charge in [-0.05, 0) is 90.4 Å². The van der Waals surface area contributed by atoms with E-state index in [9.17, 15) is 19.2 Å². The average Bonchev–Trinajstić information content (AvgIpc) is 2.80. The van der Waals surface area contributed by atoms with Gasteiger partial charge < -0.3 is 21.1 Å². The van der Waals surface area contributed by atoms with E-state index >= 15 is 0 Å². The number of carbonyl (C=O) groups is 4. The van der Waals surface area contributed by atoms with Gasteiger partial charge in [-0.15, -0.1) is 0 Å². The molecular weight excluding hydrogens is 462 g/mol. The van der Waals surface area contributed by atoms with Crippen LogP contribution in [-0.2, 0) is 9.53 Å². The highest BCUT2D eigenvalue weighted by Gasteiger charge is 2.26. The maximum Gasteiger partial charge on any atom is 0.319 e. The Kier molecular flexibility index (Phi) is 9.80. The second kappa shape index (κ2) is 12.3. The van der Waals surface area contributed by atoms with Crippen LogP contribution < -0.4 is 16.4 Å². The molecule has 8 nitrogen and oxygen atoms in total. The third kappa shape index (κ3) is 8.47. The van der Waals surface area contributed by atoms with Gasteiger partial charge >= 0.3 is 12.0 Å². The number of rotatable bonds is 8. The molecule has 0 radical (unpaired) electrons. The van der Waals surface area contributed by atoms with E-state index in [-0.39, 0.29) is 29.4 Å². The van der Waals surface area contributed by atoms with Crippen LogP contribution in [0.25, 0.3) is 0 Å². The molecule has 0 aliphatic carbocycles. The Morgan fingerprint density at radius 2 is 1.42 bits per heavy atom. The minimum Gasteiger partial charge on any atom is -0.463 e. The number of hydrogen-bond acceptors (Lipinski definition) is 8. The van der Waals surface area contributed by atoms with Gasteiger partial charge in [0.05, 0.1) is 12.0 Å². The Morgan fingerprint density at radius 1 is 0.909 bits per heavy atom. The third-order valence-corrected chi connectivity index (χ3v) is 6.79. The summed E-state index contributed by atoms with van der Waals surface area (Å²) in [5.41, 5.74) is 6.95. The Morgan fingerprint density at radius 3 is 1.94 bits per heavy atom. The number of urea groups is 1. The summed E-state index contributed by atoms with van der Waals surface area (Å²) in [6.07, 6.45) is 0.661. The van der Waals surface area contributed by atoms with Gasteiger partial charge in [0.15, 0.2) is 0 Å². The molecule has 2 aromatic carbocycles. The van der Waals surface area contributed by atoms with E-state index < -0.39 is 11.4 Å². The van der Waals surface area contributed by atoms with E-state index in [1.54, 1.807) is 62.4 Å². The molecule has 0 aliphatic heterocycles. The second-order valence-electron chi connectivity index (χ2n) is 7.70. The first-order valence-corrected chi connectivity index (χ1v) is 12.4. The van der Waals surface area contributed by atoms with Gasteiger partial charge in [-0.25, -0.2) is 4.79 Å². The van der Waals surface area contributed by atoms with Crippen LogP contribution in [0.15, 0.2) is 48.5 Å². The molecule has 2 aromatic rings. The number of ether oxygens (including phenoxy) is 1. The van der Waals surface area contributed by atoms with Gasteiger partial charge in [-0.1, -0.05) is 6.92 Å². The minimum absolute atomic E-state index is 0.0765.